The van der Waals surface area contributed by atoms with Gasteiger partial charge in [0.1, 0.15) is 17.4 Å². The van der Waals surface area contributed by atoms with E-state index in [9.17, 15) is 9.59 Å². The van der Waals surface area contributed by atoms with Gasteiger partial charge >= 0.3 is 0 Å². The summed E-state index contributed by atoms with van der Waals surface area (Å²) in [5, 5.41) is 3.36. The Bertz CT molecular complexity index is 1100. The summed E-state index contributed by atoms with van der Waals surface area (Å²) in [5.74, 6) is -0.0583. The number of ether oxygens (including phenoxy) is 1. The number of nitrogens with two attached hydrogens (primary N) is 1. The topological polar surface area (TPSA) is 81.4 Å². The molecule has 2 amide bonds. The summed E-state index contributed by atoms with van der Waals surface area (Å²) in [4.78, 5) is 25.4. The maximum Gasteiger partial charge on any atom is 0.251 e. The first kappa shape index (κ1) is 19.9. The van der Waals surface area contributed by atoms with E-state index in [0.29, 0.717) is 17.2 Å². The van der Waals surface area contributed by atoms with Crippen LogP contribution in [0.4, 0.5) is 5.00 Å². The summed E-state index contributed by atoms with van der Waals surface area (Å²) in [6.07, 6.45) is 5.97. The number of nitrogens with one attached hydrogen (secondary N) is 1. The molecule has 0 bridgehead atoms. The Hall–Kier alpha value is -3.38. The second kappa shape index (κ2) is 8.97. The maximum absolute atomic E-state index is 12.4. The molecule has 0 saturated carbocycles. The van der Waals surface area contributed by atoms with Crippen LogP contribution in [0, 0.1) is 0 Å². The summed E-state index contributed by atoms with van der Waals surface area (Å²) in [7, 11) is 0. The zero-order chi connectivity index (χ0) is 20.9. The fraction of sp³-hybridized carbons (Fsp3) is 0.167. The van der Waals surface area contributed by atoms with E-state index < -0.39 is 5.91 Å². The molecule has 6 heteroatoms. The van der Waals surface area contributed by atoms with E-state index in [2.05, 4.69) is 5.32 Å². The van der Waals surface area contributed by atoms with Crippen molar-refractivity contribution in [3.8, 4) is 5.75 Å². The molecule has 1 aromatic heterocycles. The minimum Gasteiger partial charge on any atom is -0.489 e. The van der Waals surface area contributed by atoms with Crippen molar-refractivity contribution in [2.45, 2.75) is 25.9 Å². The molecule has 0 spiro atoms. The van der Waals surface area contributed by atoms with Crippen LogP contribution in [0.25, 0.3) is 6.08 Å². The zero-order valence-electron chi connectivity index (χ0n) is 16.4. The Kier molecular flexibility index (Phi) is 5.95. The summed E-state index contributed by atoms with van der Waals surface area (Å²) in [6, 6.07) is 17.5. The first-order chi connectivity index (χ1) is 14.6. The van der Waals surface area contributed by atoms with E-state index in [1.54, 1.807) is 6.08 Å². The number of fused-ring (bicyclic) bond motifs is 1. The van der Waals surface area contributed by atoms with Gasteiger partial charge in [-0.05, 0) is 54.2 Å². The van der Waals surface area contributed by atoms with Crippen molar-refractivity contribution >= 4 is 34.2 Å². The molecular formula is C24H22N2O3S. The molecule has 0 fully saturated rings. The van der Waals surface area contributed by atoms with Gasteiger partial charge in [0.2, 0.25) is 5.91 Å². The van der Waals surface area contributed by atoms with Crippen molar-refractivity contribution < 1.29 is 14.3 Å². The van der Waals surface area contributed by atoms with Crippen LogP contribution in [0.5, 0.6) is 5.75 Å². The second-order valence-corrected chi connectivity index (χ2v) is 8.20. The largest absolute Gasteiger partial charge is 0.489 e. The zero-order valence-corrected chi connectivity index (χ0v) is 17.2. The van der Waals surface area contributed by atoms with E-state index in [-0.39, 0.29) is 5.91 Å². The van der Waals surface area contributed by atoms with E-state index >= 15 is 0 Å². The number of hydrogen-bond acceptors (Lipinski definition) is 4. The Morgan fingerprint density at radius 1 is 1.10 bits per heavy atom. The molecule has 0 saturated heterocycles. The van der Waals surface area contributed by atoms with Crippen molar-refractivity contribution in [3.63, 3.8) is 0 Å². The molecule has 5 nitrogen and oxygen atoms in total. The SMILES string of the molecule is NC(=O)c1c(NC(=O)/C=C/c2cccc(OCc3ccccc3)c2)sc2c1CCC2. The van der Waals surface area contributed by atoms with Gasteiger partial charge in [0.15, 0.2) is 0 Å². The van der Waals surface area contributed by atoms with Crippen molar-refractivity contribution in [3.05, 3.63) is 87.8 Å². The molecule has 1 aliphatic carbocycles. The summed E-state index contributed by atoms with van der Waals surface area (Å²) in [5.41, 5.74) is 8.94. The monoisotopic (exact) mass is 418 g/mol. The molecule has 2 aromatic carbocycles. The number of benzene rings is 2. The van der Waals surface area contributed by atoms with Crippen LogP contribution in [-0.4, -0.2) is 11.8 Å². The second-order valence-electron chi connectivity index (χ2n) is 7.10. The van der Waals surface area contributed by atoms with Crippen molar-refractivity contribution in [2.75, 3.05) is 5.32 Å². The molecule has 1 aliphatic rings. The normalized spacial score (nSPS) is 12.7. The lowest BCUT2D eigenvalue weighted by Crippen LogP contribution is -2.16. The molecule has 0 atom stereocenters. The minimum absolute atomic E-state index is 0.298. The van der Waals surface area contributed by atoms with Gasteiger partial charge in [-0.3, -0.25) is 9.59 Å². The predicted molar refractivity (Wildman–Crippen MR) is 120 cm³/mol. The highest BCUT2D eigenvalue weighted by molar-refractivity contribution is 7.17. The van der Waals surface area contributed by atoms with Crippen LogP contribution in [0.2, 0.25) is 0 Å². The molecule has 152 valence electrons. The van der Waals surface area contributed by atoms with Gasteiger partial charge in [-0.25, -0.2) is 0 Å². The maximum atomic E-state index is 12.4. The summed E-state index contributed by atoms with van der Waals surface area (Å²) < 4.78 is 5.83. The number of hydrogen-bond donors (Lipinski definition) is 2. The summed E-state index contributed by atoms with van der Waals surface area (Å²) in [6.45, 7) is 0.480. The molecule has 0 radical (unpaired) electrons. The smallest absolute Gasteiger partial charge is 0.251 e. The molecular weight excluding hydrogens is 396 g/mol. The van der Waals surface area contributed by atoms with Crippen LogP contribution >= 0.6 is 11.3 Å². The molecule has 4 rings (SSSR count). The third-order valence-corrected chi connectivity index (χ3v) is 6.15. The van der Waals surface area contributed by atoms with Gasteiger partial charge in [0.05, 0.1) is 5.56 Å². The number of aryl methyl sites for hydroxylation is 1. The molecule has 30 heavy (non-hydrogen) atoms. The highest BCUT2D eigenvalue weighted by Gasteiger charge is 2.25. The quantitative estimate of drug-likeness (QED) is 0.552. The van der Waals surface area contributed by atoms with Gasteiger partial charge < -0.3 is 15.8 Å². The summed E-state index contributed by atoms with van der Waals surface area (Å²) >= 11 is 1.45. The number of anilines is 1. The molecule has 3 aromatic rings. The number of primary amides is 1. The van der Waals surface area contributed by atoms with Crippen LogP contribution in [0.15, 0.2) is 60.7 Å². The lowest BCUT2D eigenvalue weighted by Gasteiger charge is -2.07. The number of thiophene rings is 1. The lowest BCUT2D eigenvalue weighted by molar-refractivity contribution is -0.111. The average molecular weight is 419 g/mol. The highest BCUT2D eigenvalue weighted by atomic mass is 32.1. The molecule has 3 N–H and O–H groups in total. The molecule has 1 heterocycles. The van der Waals surface area contributed by atoms with Crippen molar-refractivity contribution in [1.29, 1.82) is 0 Å². The van der Waals surface area contributed by atoms with E-state index in [1.807, 2.05) is 54.6 Å². The fourth-order valence-corrected chi connectivity index (χ4v) is 4.82. The van der Waals surface area contributed by atoms with Gasteiger partial charge in [0, 0.05) is 11.0 Å². The van der Waals surface area contributed by atoms with Gasteiger partial charge in [0.25, 0.3) is 5.91 Å². The van der Waals surface area contributed by atoms with Crippen LogP contribution in [-0.2, 0) is 24.2 Å². The van der Waals surface area contributed by atoms with E-state index in [0.717, 1.165) is 46.6 Å². The predicted octanol–water partition coefficient (Wildman–Crippen LogP) is 4.57. The average Bonchev–Trinajstić information content (AvgIpc) is 3.32. The van der Waals surface area contributed by atoms with E-state index in [1.165, 1.54) is 17.4 Å². The van der Waals surface area contributed by atoms with Crippen LogP contribution in [0.1, 0.15) is 38.3 Å². The third kappa shape index (κ3) is 4.60. The van der Waals surface area contributed by atoms with Crippen LogP contribution in [0.3, 0.4) is 0 Å². The number of carbonyl (C=O) groups is 2. The first-order valence-electron chi connectivity index (χ1n) is 9.80. The number of rotatable bonds is 7. The Labute approximate surface area is 179 Å². The first-order valence-corrected chi connectivity index (χ1v) is 10.6. The van der Waals surface area contributed by atoms with Crippen molar-refractivity contribution in [1.82, 2.24) is 0 Å². The number of carbonyl (C=O) groups excluding carboxylic acids is 2. The number of amides is 2. The standard InChI is InChI=1S/C24H22N2O3S/c25-23(28)22-19-10-5-11-20(19)30-24(22)26-21(27)13-12-16-8-4-9-18(14-16)29-15-17-6-2-1-3-7-17/h1-4,6-9,12-14H,5,10-11,15H2,(H2,25,28)(H,26,27)/b13-12+. The van der Waals surface area contributed by atoms with Gasteiger partial charge in [-0.15, -0.1) is 11.3 Å². The van der Waals surface area contributed by atoms with Crippen LogP contribution < -0.4 is 15.8 Å². The third-order valence-electron chi connectivity index (χ3n) is 4.94. The van der Waals surface area contributed by atoms with E-state index in [4.69, 9.17) is 10.5 Å². The Morgan fingerprint density at radius 2 is 1.93 bits per heavy atom. The van der Waals surface area contributed by atoms with Gasteiger partial charge in [-0.1, -0.05) is 42.5 Å². The Morgan fingerprint density at radius 3 is 2.73 bits per heavy atom. The fourth-order valence-electron chi connectivity index (χ4n) is 3.53. The highest BCUT2D eigenvalue weighted by Crippen LogP contribution is 2.38. The molecule has 0 unspecified atom stereocenters. The van der Waals surface area contributed by atoms with Gasteiger partial charge in [-0.2, -0.15) is 0 Å². The van der Waals surface area contributed by atoms with Crippen molar-refractivity contribution in [2.24, 2.45) is 5.73 Å². The Balaban J connectivity index is 1.41. The lowest BCUT2D eigenvalue weighted by atomic mass is 10.1. The minimum atomic E-state index is -0.489. The molecule has 0 aliphatic heterocycles.